The number of benzene rings is 2. The zero-order valence-electron chi connectivity index (χ0n) is 15.2. The van der Waals surface area contributed by atoms with Gasteiger partial charge in [0.15, 0.2) is 0 Å². The maximum Gasteiger partial charge on any atom is 0.254 e. The van der Waals surface area contributed by atoms with Gasteiger partial charge in [-0.05, 0) is 35.7 Å². The van der Waals surface area contributed by atoms with Crippen molar-refractivity contribution in [3.8, 4) is 0 Å². The number of fused-ring (bicyclic) bond motifs is 1. The number of sulfonamides is 1. The molecule has 2 amide bonds. The Kier molecular flexibility index (Phi) is 4.58. The molecule has 2 heterocycles. The van der Waals surface area contributed by atoms with Crippen molar-refractivity contribution in [2.24, 2.45) is 5.73 Å². The van der Waals surface area contributed by atoms with E-state index in [1.165, 1.54) is 9.21 Å². The SMILES string of the molecule is NC(=O)[C@@H]1Cc2ccccc2CN1C(=O)c1cccc(N2CCCS2(=O)=O)c1. The molecule has 2 aliphatic heterocycles. The molecule has 2 aromatic carbocycles. The smallest absolute Gasteiger partial charge is 0.254 e. The van der Waals surface area contributed by atoms with Gasteiger partial charge in [-0.25, -0.2) is 8.42 Å². The van der Waals surface area contributed by atoms with Crippen LogP contribution in [0.3, 0.4) is 0 Å². The standard InChI is InChI=1S/C20H21N3O4S/c21-19(24)18-12-14-5-1-2-6-16(14)13-22(18)20(25)15-7-3-8-17(11-15)23-9-4-10-28(23,26)27/h1-3,5-8,11,18H,4,9-10,12-13H2,(H2,21,24)/t18-/m0/s1. The van der Waals surface area contributed by atoms with Crippen LogP contribution in [-0.2, 0) is 27.8 Å². The van der Waals surface area contributed by atoms with E-state index in [-0.39, 0.29) is 18.2 Å². The third kappa shape index (κ3) is 3.24. The number of hydrogen-bond donors (Lipinski definition) is 1. The van der Waals surface area contributed by atoms with Gasteiger partial charge in [0.1, 0.15) is 6.04 Å². The molecule has 146 valence electrons. The van der Waals surface area contributed by atoms with E-state index < -0.39 is 22.0 Å². The average Bonchev–Trinajstić information content (AvgIpc) is 3.05. The Bertz CT molecular complexity index is 1050. The number of amides is 2. The van der Waals surface area contributed by atoms with Crippen LogP contribution in [0.1, 0.15) is 27.9 Å². The first kappa shape index (κ1) is 18.5. The number of nitrogens with two attached hydrogens (primary N) is 1. The normalized spacial score (nSPS) is 20.6. The van der Waals surface area contributed by atoms with E-state index >= 15 is 0 Å². The van der Waals surface area contributed by atoms with Crippen LogP contribution in [0.15, 0.2) is 48.5 Å². The van der Waals surface area contributed by atoms with Crippen molar-refractivity contribution in [1.29, 1.82) is 0 Å². The Hall–Kier alpha value is -2.87. The third-order valence-electron chi connectivity index (χ3n) is 5.32. The van der Waals surface area contributed by atoms with Gasteiger partial charge < -0.3 is 10.6 Å². The second-order valence-electron chi connectivity index (χ2n) is 7.12. The number of hydrogen-bond acceptors (Lipinski definition) is 4. The first-order valence-corrected chi connectivity index (χ1v) is 10.8. The first-order chi connectivity index (χ1) is 13.4. The topological polar surface area (TPSA) is 101 Å². The molecule has 0 aliphatic carbocycles. The Morgan fingerprint density at radius 3 is 2.46 bits per heavy atom. The van der Waals surface area contributed by atoms with Crippen LogP contribution < -0.4 is 10.0 Å². The fourth-order valence-electron chi connectivity index (χ4n) is 3.88. The van der Waals surface area contributed by atoms with Gasteiger partial charge in [0.2, 0.25) is 15.9 Å². The van der Waals surface area contributed by atoms with Crippen molar-refractivity contribution in [3.63, 3.8) is 0 Å². The largest absolute Gasteiger partial charge is 0.368 e. The van der Waals surface area contributed by atoms with Crippen LogP contribution in [0.2, 0.25) is 0 Å². The molecule has 0 spiro atoms. The fraction of sp³-hybridized carbons (Fsp3) is 0.300. The molecule has 8 heteroatoms. The molecule has 2 aromatic rings. The number of primary amides is 1. The molecule has 7 nitrogen and oxygen atoms in total. The Morgan fingerprint density at radius 1 is 1.04 bits per heavy atom. The Balaban J connectivity index is 1.67. The average molecular weight is 399 g/mol. The van der Waals surface area contributed by atoms with Crippen molar-refractivity contribution in [2.75, 3.05) is 16.6 Å². The molecule has 0 aromatic heterocycles. The lowest BCUT2D eigenvalue weighted by atomic mass is 9.93. The maximum absolute atomic E-state index is 13.2. The minimum atomic E-state index is -3.34. The Labute approximate surface area is 163 Å². The van der Waals surface area contributed by atoms with Crippen LogP contribution in [-0.4, -0.2) is 43.5 Å². The maximum atomic E-state index is 13.2. The van der Waals surface area contributed by atoms with E-state index in [0.717, 1.165) is 11.1 Å². The highest BCUT2D eigenvalue weighted by atomic mass is 32.2. The second-order valence-corrected chi connectivity index (χ2v) is 9.13. The molecule has 1 atom stereocenters. The molecule has 2 N–H and O–H groups in total. The molecule has 0 bridgehead atoms. The summed E-state index contributed by atoms with van der Waals surface area (Å²) in [5.41, 5.74) is 8.37. The van der Waals surface area contributed by atoms with Gasteiger partial charge in [-0.1, -0.05) is 30.3 Å². The predicted octanol–water partition coefficient (Wildman–Crippen LogP) is 1.28. The van der Waals surface area contributed by atoms with E-state index in [4.69, 9.17) is 5.73 Å². The highest BCUT2D eigenvalue weighted by Gasteiger charge is 2.34. The number of carbonyl (C=O) groups excluding carboxylic acids is 2. The molecule has 0 radical (unpaired) electrons. The van der Waals surface area contributed by atoms with Crippen LogP contribution in [0.25, 0.3) is 0 Å². The minimum Gasteiger partial charge on any atom is -0.368 e. The summed E-state index contributed by atoms with van der Waals surface area (Å²) in [6.07, 6.45) is 0.935. The summed E-state index contributed by atoms with van der Waals surface area (Å²) in [7, 11) is -3.34. The van der Waals surface area contributed by atoms with Crippen molar-refractivity contribution in [1.82, 2.24) is 4.90 Å². The van der Waals surface area contributed by atoms with E-state index in [1.807, 2.05) is 24.3 Å². The molecular weight excluding hydrogens is 378 g/mol. The van der Waals surface area contributed by atoms with Crippen LogP contribution in [0, 0.1) is 0 Å². The van der Waals surface area contributed by atoms with Crippen molar-refractivity contribution in [2.45, 2.75) is 25.4 Å². The van der Waals surface area contributed by atoms with E-state index in [1.54, 1.807) is 24.3 Å². The predicted molar refractivity (Wildman–Crippen MR) is 105 cm³/mol. The quantitative estimate of drug-likeness (QED) is 0.840. The van der Waals surface area contributed by atoms with Gasteiger partial charge in [0.25, 0.3) is 5.91 Å². The zero-order chi connectivity index (χ0) is 19.9. The lowest BCUT2D eigenvalue weighted by Gasteiger charge is -2.35. The molecule has 0 saturated carbocycles. The number of carbonyl (C=O) groups is 2. The van der Waals surface area contributed by atoms with E-state index in [0.29, 0.717) is 30.6 Å². The summed E-state index contributed by atoms with van der Waals surface area (Å²) in [5, 5.41) is 0. The zero-order valence-corrected chi connectivity index (χ0v) is 16.1. The Morgan fingerprint density at radius 2 is 1.79 bits per heavy atom. The van der Waals surface area contributed by atoms with Gasteiger partial charge in [0.05, 0.1) is 11.4 Å². The first-order valence-electron chi connectivity index (χ1n) is 9.14. The van der Waals surface area contributed by atoms with Gasteiger partial charge in [0, 0.05) is 25.1 Å². The minimum absolute atomic E-state index is 0.109. The summed E-state index contributed by atoms with van der Waals surface area (Å²) in [6, 6.07) is 13.5. The van der Waals surface area contributed by atoms with Crippen molar-refractivity contribution in [3.05, 3.63) is 65.2 Å². The molecule has 2 aliphatic rings. The van der Waals surface area contributed by atoms with E-state index in [9.17, 15) is 18.0 Å². The summed E-state index contributed by atoms with van der Waals surface area (Å²) in [4.78, 5) is 26.7. The molecule has 0 unspecified atom stereocenters. The van der Waals surface area contributed by atoms with Crippen LogP contribution in [0.5, 0.6) is 0 Å². The third-order valence-corrected chi connectivity index (χ3v) is 7.19. The van der Waals surface area contributed by atoms with Crippen molar-refractivity contribution >= 4 is 27.5 Å². The summed E-state index contributed by atoms with van der Waals surface area (Å²) in [5.74, 6) is -0.782. The lowest BCUT2D eigenvalue weighted by molar-refractivity contribution is -0.122. The molecule has 1 saturated heterocycles. The van der Waals surface area contributed by atoms with Gasteiger partial charge >= 0.3 is 0 Å². The molecule has 28 heavy (non-hydrogen) atoms. The molecular formula is C20H21N3O4S. The molecule has 1 fully saturated rings. The fourth-order valence-corrected chi connectivity index (χ4v) is 5.44. The number of rotatable bonds is 3. The lowest BCUT2D eigenvalue weighted by Crippen LogP contribution is -2.51. The van der Waals surface area contributed by atoms with Crippen LogP contribution >= 0.6 is 0 Å². The highest BCUT2D eigenvalue weighted by Crippen LogP contribution is 2.28. The highest BCUT2D eigenvalue weighted by molar-refractivity contribution is 7.93. The summed E-state index contributed by atoms with van der Waals surface area (Å²) >= 11 is 0. The second kappa shape index (κ2) is 6.94. The summed E-state index contributed by atoms with van der Waals surface area (Å²) in [6.45, 7) is 0.690. The monoisotopic (exact) mass is 399 g/mol. The summed E-state index contributed by atoms with van der Waals surface area (Å²) < 4.78 is 25.7. The van der Waals surface area contributed by atoms with Crippen molar-refractivity contribution < 1.29 is 18.0 Å². The molecule has 4 rings (SSSR count). The number of anilines is 1. The van der Waals surface area contributed by atoms with Gasteiger partial charge in [-0.3, -0.25) is 13.9 Å². The van der Waals surface area contributed by atoms with Crippen LogP contribution in [0.4, 0.5) is 5.69 Å². The number of nitrogens with zero attached hydrogens (tertiary/aromatic N) is 2. The van der Waals surface area contributed by atoms with Gasteiger partial charge in [-0.15, -0.1) is 0 Å². The van der Waals surface area contributed by atoms with Gasteiger partial charge in [-0.2, -0.15) is 0 Å². The van der Waals surface area contributed by atoms with E-state index in [2.05, 4.69) is 0 Å².